The molecule has 18 heteroatoms. The molecule has 0 bridgehead atoms. The lowest BCUT2D eigenvalue weighted by Crippen LogP contribution is -2.30. The highest BCUT2D eigenvalue weighted by atomic mass is 31.2. The molecule has 0 aliphatic heterocycles. The first-order valence-electron chi connectivity index (χ1n) is 34.5. The summed E-state index contributed by atoms with van der Waals surface area (Å²) in [7, 11) is -9.79. The largest absolute Gasteiger partial charge is 0.472 e. The molecule has 5 atom stereocenters. The fourth-order valence-corrected chi connectivity index (χ4v) is 10.2. The number of aliphatic hydroxyl groups excluding tert-OH is 2. The molecule has 0 aromatic heterocycles. The molecule has 0 aliphatic carbocycles. The van der Waals surface area contributed by atoms with Gasteiger partial charge in [-0.2, -0.15) is 0 Å². The van der Waals surface area contributed by atoms with Gasteiger partial charge < -0.3 is 34.2 Å². The minimum absolute atomic E-state index is 0.0826. The van der Waals surface area contributed by atoms with Crippen LogP contribution in [0.5, 0.6) is 0 Å². The summed E-state index contributed by atoms with van der Waals surface area (Å²) in [4.78, 5) is 58.4. The number of hydrogen-bond donors (Lipinski definition) is 4. The van der Waals surface area contributed by atoms with E-state index in [2.05, 4.69) is 154 Å². The van der Waals surface area contributed by atoms with Crippen molar-refractivity contribution in [1.82, 2.24) is 0 Å². The van der Waals surface area contributed by atoms with Gasteiger partial charge in [0.25, 0.3) is 0 Å². The third kappa shape index (κ3) is 66.9. The maximum Gasteiger partial charge on any atom is 0.472 e. The Kier molecular flexibility index (Phi) is 62.6. The molecule has 520 valence electrons. The van der Waals surface area contributed by atoms with E-state index in [1.807, 2.05) is 0 Å². The molecule has 0 aromatic rings. The Morgan fingerprint density at radius 2 is 0.582 bits per heavy atom. The van der Waals surface area contributed by atoms with Crippen molar-refractivity contribution in [3.63, 3.8) is 0 Å². The van der Waals surface area contributed by atoms with Crippen molar-refractivity contribution >= 4 is 33.6 Å². The second kappa shape index (κ2) is 65.7. The molecule has 0 amide bonds. The molecule has 0 rings (SSSR count). The average Bonchev–Trinajstić information content (AvgIpc) is 3.75. The van der Waals surface area contributed by atoms with Crippen molar-refractivity contribution in [3.8, 4) is 0 Å². The Hall–Kier alpha value is -4.31. The fraction of sp³-hybridized carbons (Fsp3) is 0.658. The number of phosphoric acid groups is 2. The lowest BCUT2D eigenvalue weighted by Gasteiger charge is -2.21. The smallest absolute Gasteiger partial charge is 0.463 e. The third-order valence-electron chi connectivity index (χ3n) is 13.8. The minimum atomic E-state index is -4.93. The molecule has 4 N–H and O–H groups in total. The fourth-order valence-electron chi connectivity index (χ4n) is 8.62. The number of esters is 3. The molecular formula is C73H122O16P2. The summed E-state index contributed by atoms with van der Waals surface area (Å²) in [6.45, 7) is 2.31. The number of phosphoric ester groups is 2. The molecule has 0 aliphatic rings. The van der Waals surface area contributed by atoms with E-state index in [0.717, 1.165) is 193 Å². The Balaban J connectivity index is 4.59. The summed E-state index contributed by atoms with van der Waals surface area (Å²) in [5.74, 6) is -1.62. The van der Waals surface area contributed by atoms with Gasteiger partial charge in [-0.25, -0.2) is 9.13 Å². The number of rotatable bonds is 64. The van der Waals surface area contributed by atoms with Crippen molar-refractivity contribution < 1.29 is 75.8 Å². The van der Waals surface area contributed by atoms with Gasteiger partial charge in [0.1, 0.15) is 25.4 Å². The summed E-state index contributed by atoms with van der Waals surface area (Å²) in [6, 6.07) is 0. The highest BCUT2D eigenvalue weighted by molar-refractivity contribution is 7.47. The summed E-state index contributed by atoms with van der Waals surface area (Å²) >= 11 is 0. The zero-order chi connectivity index (χ0) is 66.7. The van der Waals surface area contributed by atoms with E-state index in [4.69, 9.17) is 32.3 Å². The van der Waals surface area contributed by atoms with Crippen LogP contribution in [0.4, 0.5) is 0 Å². The molecule has 0 fully saturated rings. The van der Waals surface area contributed by atoms with Crippen molar-refractivity contribution in [2.24, 2.45) is 0 Å². The lowest BCUT2D eigenvalue weighted by molar-refractivity contribution is -0.161. The monoisotopic (exact) mass is 1320 g/mol. The Bertz CT molecular complexity index is 2190. The molecule has 0 spiro atoms. The maximum atomic E-state index is 12.9. The second-order valence-electron chi connectivity index (χ2n) is 22.6. The van der Waals surface area contributed by atoms with Crippen LogP contribution < -0.4 is 0 Å². The first-order chi connectivity index (χ1) is 44.2. The van der Waals surface area contributed by atoms with Crippen LogP contribution in [0.2, 0.25) is 0 Å². The van der Waals surface area contributed by atoms with Gasteiger partial charge in [-0.05, 0) is 128 Å². The maximum absolute atomic E-state index is 12.9. The SMILES string of the molecule is CC/C=C\C/C=C\C/C=C\C/C=C\C/C=C\C/C=C\CCCCCCCCC(=O)OCC(O)COP(=O)(O)OCC(O)COP(=O)(O)OCC(COC(=O)CCCCCCCCC/C=C\C/C=C\C/C=C\CC)OC(=O)CCCCCCC/C=C\C/C=C\CCC. The van der Waals surface area contributed by atoms with Gasteiger partial charge >= 0.3 is 33.6 Å². The Morgan fingerprint density at radius 3 is 0.923 bits per heavy atom. The molecule has 0 radical (unpaired) electrons. The second-order valence-corrected chi connectivity index (χ2v) is 25.5. The van der Waals surface area contributed by atoms with E-state index in [1.165, 1.54) is 0 Å². The van der Waals surface area contributed by atoms with Crippen molar-refractivity contribution in [2.45, 2.75) is 270 Å². The number of carbonyl (C=O) groups is 3. The number of allylic oxidation sites excluding steroid dienone is 22. The van der Waals surface area contributed by atoms with Crippen molar-refractivity contribution in [1.29, 1.82) is 0 Å². The molecular weight excluding hydrogens is 1190 g/mol. The van der Waals surface area contributed by atoms with Crippen LogP contribution in [0.15, 0.2) is 134 Å². The van der Waals surface area contributed by atoms with Gasteiger partial charge in [-0.15, -0.1) is 0 Å². The molecule has 0 saturated heterocycles. The number of carbonyl (C=O) groups excluding carboxylic acids is 3. The van der Waals surface area contributed by atoms with E-state index in [9.17, 15) is 43.5 Å². The van der Waals surface area contributed by atoms with Crippen LogP contribution in [0.3, 0.4) is 0 Å². The third-order valence-corrected chi connectivity index (χ3v) is 15.7. The minimum Gasteiger partial charge on any atom is -0.463 e. The van der Waals surface area contributed by atoms with Crippen LogP contribution in [-0.4, -0.2) is 95.9 Å². The van der Waals surface area contributed by atoms with Gasteiger partial charge in [0.15, 0.2) is 6.10 Å². The summed E-state index contributed by atoms with van der Waals surface area (Å²) in [6.07, 6.45) is 76.5. The van der Waals surface area contributed by atoms with E-state index >= 15 is 0 Å². The topological polar surface area (TPSA) is 231 Å². The number of unbranched alkanes of at least 4 members (excludes halogenated alkanes) is 19. The van der Waals surface area contributed by atoms with Gasteiger partial charge in [0.05, 0.1) is 26.4 Å². The molecule has 0 heterocycles. The van der Waals surface area contributed by atoms with Crippen molar-refractivity contribution in [2.75, 3.05) is 39.6 Å². The quantitative estimate of drug-likeness (QED) is 0.0146. The van der Waals surface area contributed by atoms with Crippen molar-refractivity contribution in [3.05, 3.63) is 134 Å². The molecule has 91 heavy (non-hydrogen) atoms. The standard InChI is InChI=1S/C73H122O16P2/c1-4-7-10-13-16-19-22-25-27-29-30-31-32-33-34-35-36-38-40-42-44-47-50-53-56-59-71(76)83-62-68(74)63-85-90(79,80)86-64-69(75)65-87-91(81,82)88-67-70(89-73(78)61-58-55-52-49-46-41-24-21-18-15-12-9-6-3)66-84-72(77)60-57-54-51-48-45-43-39-37-28-26-23-20-17-14-11-8-5-2/h7-8,10-12,15-17,19-21,24-28,30-31,33-34,36,38,68-70,74-75H,4-6,9,13-14,18,22-23,29,32,35,37,39-67H2,1-3H3,(H,79,80)(H,81,82)/b10-7-,11-8-,15-12-,19-16-,20-17-,24-21-,27-25-,28-26-,31-30-,34-33-,38-36-. The van der Waals surface area contributed by atoms with Crippen LogP contribution in [0.25, 0.3) is 0 Å². The summed E-state index contributed by atoms with van der Waals surface area (Å²) in [5, 5.41) is 20.5. The van der Waals surface area contributed by atoms with Crippen LogP contribution >= 0.6 is 15.6 Å². The van der Waals surface area contributed by atoms with Gasteiger partial charge in [-0.3, -0.25) is 32.5 Å². The molecule has 0 aromatic carbocycles. The Morgan fingerprint density at radius 1 is 0.319 bits per heavy atom. The van der Waals surface area contributed by atoms with E-state index in [0.29, 0.717) is 19.3 Å². The summed E-state index contributed by atoms with van der Waals surface area (Å²) in [5.41, 5.74) is 0. The molecule has 5 unspecified atom stereocenters. The van der Waals surface area contributed by atoms with E-state index < -0.39 is 91.5 Å². The van der Waals surface area contributed by atoms with Gasteiger partial charge in [-0.1, -0.05) is 238 Å². The highest BCUT2D eigenvalue weighted by Crippen LogP contribution is 2.45. The zero-order valence-corrected chi connectivity index (χ0v) is 58.0. The first kappa shape index (κ1) is 86.7. The average molecular weight is 1320 g/mol. The predicted molar refractivity (Wildman–Crippen MR) is 371 cm³/mol. The van der Waals surface area contributed by atoms with E-state index in [1.54, 1.807) is 0 Å². The number of hydrogen-bond acceptors (Lipinski definition) is 14. The normalized spacial score (nSPS) is 15.0. The molecule has 16 nitrogen and oxygen atoms in total. The number of aliphatic hydroxyl groups is 2. The van der Waals surface area contributed by atoms with Crippen LogP contribution in [0.1, 0.15) is 252 Å². The first-order valence-corrected chi connectivity index (χ1v) is 37.5. The van der Waals surface area contributed by atoms with Crippen LogP contribution in [0, 0.1) is 0 Å². The van der Waals surface area contributed by atoms with Gasteiger partial charge in [0.2, 0.25) is 0 Å². The number of ether oxygens (including phenoxy) is 3. The summed E-state index contributed by atoms with van der Waals surface area (Å²) < 4.78 is 60.8. The zero-order valence-electron chi connectivity index (χ0n) is 56.2. The van der Waals surface area contributed by atoms with Gasteiger partial charge in [0, 0.05) is 19.3 Å². The van der Waals surface area contributed by atoms with Crippen LogP contribution in [-0.2, 0) is 55.8 Å². The highest BCUT2D eigenvalue weighted by Gasteiger charge is 2.29. The van der Waals surface area contributed by atoms with E-state index in [-0.39, 0.29) is 19.3 Å². The lowest BCUT2D eigenvalue weighted by atomic mass is 10.1. The Labute approximate surface area is 550 Å². The molecule has 0 saturated carbocycles. The predicted octanol–water partition coefficient (Wildman–Crippen LogP) is 19.2.